The van der Waals surface area contributed by atoms with E-state index in [0.717, 1.165) is 24.8 Å². The second kappa shape index (κ2) is 9.41. The molecule has 0 saturated heterocycles. The molecule has 2 atom stereocenters. The summed E-state index contributed by atoms with van der Waals surface area (Å²) in [6, 6.07) is 17.2. The molecule has 0 saturated carbocycles. The van der Waals surface area contributed by atoms with Gasteiger partial charge in [-0.3, -0.25) is 0 Å². The molecule has 2 aromatic carbocycles. The summed E-state index contributed by atoms with van der Waals surface area (Å²) in [5, 5.41) is 0.494. The lowest BCUT2D eigenvalue weighted by atomic mass is 10.1. The maximum absolute atomic E-state index is 12.4. The average molecular weight is 378 g/mol. The summed E-state index contributed by atoms with van der Waals surface area (Å²) in [4.78, 5) is 1.60. The number of benzene rings is 2. The Kier molecular flexibility index (Phi) is 7.54. The van der Waals surface area contributed by atoms with Crippen LogP contribution in [-0.4, -0.2) is 19.7 Å². The van der Waals surface area contributed by atoms with Gasteiger partial charge in [0.25, 0.3) is 0 Å². The third-order valence-electron chi connectivity index (χ3n) is 4.11. The number of sulfonamides is 1. The van der Waals surface area contributed by atoms with Crippen LogP contribution >= 0.6 is 11.8 Å². The molecule has 3 nitrogen and oxygen atoms in total. The Balaban J connectivity index is 1.88. The van der Waals surface area contributed by atoms with E-state index in [1.54, 1.807) is 12.1 Å². The summed E-state index contributed by atoms with van der Waals surface area (Å²) in [5.74, 6) is 0. The molecule has 0 heterocycles. The van der Waals surface area contributed by atoms with Gasteiger partial charge in [-0.25, -0.2) is 13.1 Å². The Bertz CT molecular complexity index is 743. The summed E-state index contributed by atoms with van der Waals surface area (Å²) in [6.45, 7) is 6.06. The second-order valence-corrected chi connectivity index (χ2v) is 9.46. The van der Waals surface area contributed by atoms with Crippen LogP contribution in [0.4, 0.5) is 0 Å². The van der Waals surface area contributed by atoms with E-state index in [4.69, 9.17) is 0 Å². The third-order valence-corrected chi connectivity index (χ3v) is 7.16. The van der Waals surface area contributed by atoms with Crippen LogP contribution in [-0.2, 0) is 10.0 Å². The van der Waals surface area contributed by atoms with Gasteiger partial charge in [0.1, 0.15) is 0 Å². The molecule has 0 aliphatic heterocycles. The Hall–Kier alpha value is -1.30. The molecule has 2 aromatic rings. The fourth-order valence-corrected chi connectivity index (χ4v) is 4.98. The lowest BCUT2D eigenvalue weighted by Gasteiger charge is -2.19. The van der Waals surface area contributed by atoms with E-state index in [1.807, 2.05) is 55.9 Å². The van der Waals surface area contributed by atoms with Crippen molar-refractivity contribution in [3.8, 4) is 0 Å². The van der Waals surface area contributed by atoms with Crippen LogP contribution in [0.3, 0.4) is 0 Å². The number of hydrogen-bond donors (Lipinski definition) is 1. The van der Waals surface area contributed by atoms with Gasteiger partial charge >= 0.3 is 0 Å². The number of aryl methyl sites for hydroxylation is 1. The molecule has 2 rings (SSSR count). The molecule has 0 aromatic heterocycles. The highest BCUT2D eigenvalue weighted by atomic mass is 32.2. The quantitative estimate of drug-likeness (QED) is 0.625. The first-order valence-electron chi connectivity index (χ1n) is 8.71. The average Bonchev–Trinajstić information content (AvgIpc) is 2.59. The van der Waals surface area contributed by atoms with E-state index < -0.39 is 10.0 Å². The summed E-state index contributed by atoms with van der Waals surface area (Å²) in [5.41, 5.74) is 1.05. The Morgan fingerprint density at radius 2 is 1.64 bits per heavy atom. The smallest absolute Gasteiger partial charge is 0.208 e. The monoisotopic (exact) mass is 377 g/mol. The lowest BCUT2D eigenvalue weighted by molar-refractivity contribution is 0.530. The van der Waals surface area contributed by atoms with Crippen molar-refractivity contribution in [3.05, 3.63) is 60.2 Å². The predicted molar refractivity (Wildman–Crippen MR) is 107 cm³/mol. The zero-order valence-electron chi connectivity index (χ0n) is 15.1. The van der Waals surface area contributed by atoms with Gasteiger partial charge in [0.2, 0.25) is 10.0 Å². The first kappa shape index (κ1) is 20.0. The van der Waals surface area contributed by atoms with E-state index in [0.29, 0.717) is 10.1 Å². The van der Waals surface area contributed by atoms with Crippen molar-refractivity contribution in [2.24, 2.45) is 0 Å². The second-order valence-electron chi connectivity index (χ2n) is 6.37. The summed E-state index contributed by atoms with van der Waals surface area (Å²) >= 11 is 1.87. The minimum absolute atomic E-state index is 0.0864. The Morgan fingerprint density at radius 3 is 2.24 bits per heavy atom. The normalized spacial score (nSPS) is 14.2. The zero-order valence-corrected chi connectivity index (χ0v) is 16.7. The molecule has 5 heteroatoms. The highest BCUT2D eigenvalue weighted by molar-refractivity contribution is 8.00. The van der Waals surface area contributed by atoms with Crippen LogP contribution < -0.4 is 4.72 Å². The van der Waals surface area contributed by atoms with Gasteiger partial charge in [0, 0.05) is 16.2 Å². The van der Waals surface area contributed by atoms with E-state index in [2.05, 4.69) is 23.8 Å². The number of thioether (sulfide) groups is 1. The third kappa shape index (κ3) is 6.49. The molecule has 0 spiro atoms. The number of hydrogen-bond acceptors (Lipinski definition) is 3. The van der Waals surface area contributed by atoms with Crippen LogP contribution in [0.2, 0.25) is 0 Å². The predicted octanol–water partition coefficient (Wildman–Crippen LogP) is 5.01. The van der Waals surface area contributed by atoms with Crippen LogP contribution in [0.15, 0.2) is 64.4 Å². The van der Waals surface area contributed by atoms with Gasteiger partial charge in [0.05, 0.1) is 4.90 Å². The van der Waals surface area contributed by atoms with Crippen molar-refractivity contribution >= 4 is 21.8 Å². The lowest BCUT2D eigenvalue weighted by Crippen LogP contribution is -2.33. The summed E-state index contributed by atoms with van der Waals surface area (Å²) in [7, 11) is -3.45. The van der Waals surface area contributed by atoms with Crippen LogP contribution in [0, 0.1) is 6.92 Å². The maximum atomic E-state index is 12.4. The summed E-state index contributed by atoms with van der Waals surface area (Å²) < 4.78 is 27.7. The van der Waals surface area contributed by atoms with Crippen molar-refractivity contribution in [2.45, 2.75) is 61.1 Å². The van der Waals surface area contributed by atoms with Gasteiger partial charge in [-0.05, 0) is 57.4 Å². The van der Waals surface area contributed by atoms with Crippen molar-refractivity contribution in [1.82, 2.24) is 4.72 Å². The molecule has 1 N–H and O–H groups in total. The largest absolute Gasteiger partial charge is 0.240 e. The molecular weight excluding hydrogens is 350 g/mol. The molecular formula is C20H27NO2S2. The number of rotatable bonds is 9. The molecule has 0 aliphatic rings. The van der Waals surface area contributed by atoms with E-state index >= 15 is 0 Å². The number of nitrogens with one attached hydrogen (secondary N) is 1. The summed E-state index contributed by atoms with van der Waals surface area (Å²) in [6.07, 6.45) is 2.87. The van der Waals surface area contributed by atoms with Gasteiger partial charge < -0.3 is 0 Å². The Labute approximate surface area is 156 Å². The van der Waals surface area contributed by atoms with Crippen LogP contribution in [0.25, 0.3) is 0 Å². The molecule has 0 amide bonds. The molecule has 0 fully saturated rings. The minimum Gasteiger partial charge on any atom is -0.208 e. The standard InChI is InChI=1S/C20H27NO2S2/c1-4-18(24-19-8-6-5-7-9-19)13-12-17(3)21-25(22,23)20-14-10-16(2)11-15-20/h5-11,14-15,17-18,21H,4,12-13H2,1-3H3. The maximum Gasteiger partial charge on any atom is 0.240 e. The molecule has 0 bridgehead atoms. The topological polar surface area (TPSA) is 46.2 Å². The van der Waals surface area contributed by atoms with E-state index in [1.165, 1.54) is 4.90 Å². The van der Waals surface area contributed by atoms with E-state index in [-0.39, 0.29) is 6.04 Å². The van der Waals surface area contributed by atoms with Crippen molar-refractivity contribution < 1.29 is 8.42 Å². The fourth-order valence-electron chi connectivity index (χ4n) is 2.58. The van der Waals surface area contributed by atoms with Crippen molar-refractivity contribution in [3.63, 3.8) is 0 Å². The Morgan fingerprint density at radius 1 is 1.00 bits per heavy atom. The zero-order chi connectivity index (χ0) is 18.3. The first-order chi connectivity index (χ1) is 11.9. The molecule has 2 unspecified atom stereocenters. The SMILES string of the molecule is CCC(CCC(C)NS(=O)(=O)c1ccc(C)cc1)Sc1ccccc1. The molecule has 136 valence electrons. The van der Waals surface area contributed by atoms with Gasteiger partial charge in [0.15, 0.2) is 0 Å². The highest BCUT2D eigenvalue weighted by Gasteiger charge is 2.18. The molecule has 25 heavy (non-hydrogen) atoms. The molecule has 0 radical (unpaired) electrons. The highest BCUT2D eigenvalue weighted by Crippen LogP contribution is 2.28. The van der Waals surface area contributed by atoms with Gasteiger partial charge in [-0.2, -0.15) is 0 Å². The first-order valence-corrected chi connectivity index (χ1v) is 11.1. The van der Waals surface area contributed by atoms with Crippen molar-refractivity contribution in [2.75, 3.05) is 0 Å². The van der Waals surface area contributed by atoms with Gasteiger partial charge in [-0.1, -0.05) is 42.8 Å². The van der Waals surface area contributed by atoms with Crippen LogP contribution in [0.5, 0.6) is 0 Å². The molecule has 0 aliphatic carbocycles. The van der Waals surface area contributed by atoms with Gasteiger partial charge in [-0.15, -0.1) is 11.8 Å². The minimum atomic E-state index is -3.45. The fraction of sp³-hybridized carbons (Fsp3) is 0.400. The van der Waals surface area contributed by atoms with Crippen molar-refractivity contribution in [1.29, 1.82) is 0 Å². The van der Waals surface area contributed by atoms with Crippen LogP contribution in [0.1, 0.15) is 38.7 Å². The van der Waals surface area contributed by atoms with E-state index in [9.17, 15) is 8.42 Å².